The van der Waals surface area contributed by atoms with Crippen molar-refractivity contribution in [2.45, 2.75) is 19.1 Å². The van der Waals surface area contributed by atoms with Gasteiger partial charge in [0.05, 0.1) is 12.0 Å². The van der Waals surface area contributed by atoms with Crippen LogP contribution in [0, 0.1) is 10.1 Å². The normalized spacial score (nSPS) is 18.8. The Morgan fingerprint density at radius 3 is 2.23 bits per heavy atom. The molecular weight excluding hydrogens is 340 g/mol. The summed E-state index contributed by atoms with van der Waals surface area (Å²) in [6.07, 6.45) is -0.962. The third-order valence-corrected chi connectivity index (χ3v) is 4.13. The Bertz CT molecular complexity index is 847. The molecule has 1 amide bonds. The zero-order valence-corrected chi connectivity index (χ0v) is 14.1. The van der Waals surface area contributed by atoms with Crippen molar-refractivity contribution in [3.05, 3.63) is 64.2 Å². The number of nitro benzene ring substituents is 1. The number of nitrogens with zero attached hydrogens (tertiary/aromatic N) is 2. The number of non-ortho nitro benzene ring substituents is 1. The van der Waals surface area contributed by atoms with Gasteiger partial charge in [-0.1, -0.05) is 0 Å². The van der Waals surface area contributed by atoms with E-state index < -0.39 is 23.0 Å². The summed E-state index contributed by atoms with van der Waals surface area (Å²) in [7, 11) is 1.54. The fourth-order valence-electron chi connectivity index (χ4n) is 2.90. The Morgan fingerprint density at radius 2 is 1.73 bits per heavy atom. The zero-order chi connectivity index (χ0) is 18.8. The number of amides is 1. The lowest BCUT2D eigenvalue weighted by Gasteiger charge is -2.46. The molecule has 26 heavy (non-hydrogen) atoms. The van der Waals surface area contributed by atoms with Gasteiger partial charge in [0.25, 0.3) is 11.6 Å². The van der Waals surface area contributed by atoms with Gasteiger partial charge in [0.2, 0.25) is 6.10 Å². The number of methoxy groups -OCH3 is 1. The van der Waals surface area contributed by atoms with E-state index in [0.29, 0.717) is 17.0 Å². The summed E-state index contributed by atoms with van der Waals surface area (Å²) in [5.41, 5.74) is 1.19. The molecular formula is C18H16N2O6. The van der Waals surface area contributed by atoms with Gasteiger partial charge in [0.15, 0.2) is 0 Å². The first kappa shape index (κ1) is 17.4. The largest absolute Gasteiger partial charge is 0.497 e. The number of anilines is 1. The number of esters is 1. The van der Waals surface area contributed by atoms with E-state index in [1.54, 1.807) is 43.5 Å². The molecule has 0 aromatic heterocycles. The van der Waals surface area contributed by atoms with Crippen LogP contribution in [0.2, 0.25) is 0 Å². The molecule has 1 fully saturated rings. The van der Waals surface area contributed by atoms with Crippen molar-refractivity contribution in [1.29, 1.82) is 0 Å². The number of hydrogen-bond acceptors (Lipinski definition) is 6. The molecule has 3 rings (SSSR count). The smallest absolute Gasteiger partial charge is 0.303 e. The summed E-state index contributed by atoms with van der Waals surface area (Å²) in [4.78, 5) is 35.7. The molecule has 8 nitrogen and oxygen atoms in total. The van der Waals surface area contributed by atoms with Crippen LogP contribution in [-0.4, -0.2) is 30.0 Å². The molecule has 1 aliphatic rings. The van der Waals surface area contributed by atoms with E-state index in [4.69, 9.17) is 9.47 Å². The minimum atomic E-state index is -0.962. The Hall–Kier alpha value is -3.42. The average molecular weight is 356 g/mol. The minimum absolute atomic E-state index is 0.0561. The molecule has 2 atom stereocenters. The second kappa shape index (κ2) is 6.83. The molecule has 0 N–H and O–H groups in total. The van der Waals surface area contributed by atoms with Crippen LogP contribution in [0.15, 0.2) is 48.5 Å². The van der Waals surface area contributed by atoms with Crippen LogP contribution in [0.3, 0.4) is 0 Å². The lowest BCUT2D eigenvalue weighted by atomic mass is 9.89. The first-order chi connectivity index (χ1) is 12.4. The van der Waals surface area contributed by atoms with Crippen molar-refractivity contribution in [2.24, 2.45) is 0 Å². The summed E-state index contributed by atoms with van der Waals surface area (Å²) in [6.45, 7) is 1.23. The van der Waals surface area contributed by atoms with Gasteiger partial charge in [-0.2, -0.15) is 0 Å². The van der Waals surface area contributed by atoms with Crippen molar-refractivity contribution >= 4 is 23.3 Å². The van der Waals surface area contributed by atoms with Crippen LogP contribution < -0.4 is 9.64 Å². The topological polar surface area (TPSA) is 99.0 Å². The van der Waals surface area contributed by atoms with Gasteiger partial charge in [-0.25, -0.2) is 0 Å². The molecule has 0 aliphatic carbocycles. The molecule has 0 bridgehead atoms. The van der Waals surface area contributed by atoms with E-state index in [1.807, 2.05) is 0 Å². The van der Waals surface area contributed by atoms with Crippen molar-refractivity contribution in [1.82, 2.24) is 0 Å². The third kappa shape index (κ3) is 3.08. The van der Waals surface area contributed by atoms with Gasteiger partial charge >= 0.3 is 5.97 Å². The summed E-state index contributed by atoms with van der Waals surface area (Å²) in [5.74, 6) is -0.275. The Kier molecular flexibility index (Phi) is 4.57. The standard InChI is InChI=1S/C18H16N2O6/c1-11(21)26-17-16(12-3-5-14(6-4-12)20(23)24)19(18(17)22)13-7-9-15(25-2)10-8-13/h3-10,16-17H,1-2H3/t16-,17+/m1/s1. The summed E-state index contributed by atoms with van der Waals surface area (Å²) in [6, 6.07) is 12.1. The summed E-state index contributed by atoms with van der Waals surface area (Å²) in [5, 5.41) is 10.8. The Labute approximate surface area is 149 Å². The lowest BCUT2D eigenvalue weighted by Crippen LogP contribution is -2.60. The fourth-order valence-corrected chi connectivity index (χ4v) is 2.90. The van der Waals surface area contributed by atoms with Gasteiger partial charge in [0, 0.05) is 24.7 Å². The molecule has 1 heterocycles. The molecule has 2 aromatic rings. The predicted molar refractivity (Wildman–Crippen MR) is 91.9 cm³/mol. The lowest BCUT2D eigenvalue weighted by molar-refractivity contribution is -0.384. The molecule has 0 spiro atoms. The fraction of sp³-hybridized carbons (Fsp3) is 0.222. The van der Waals surface area contributed by atoms with E-state index in [9.17, 15) is 19.7 Å². The van der Waals surface area contributed by atoms with Crippen LogP contribution in [-0.2, 0) is 14.3 Å². The molecule has 2 aromatic carbocycles. The molecule has 0 unspecified atom stereocenters. The van der Waals surface area contributed by atoms with E-state index in [2.05, 4.69) is 0 Å². The van der Waals surface area contributed by atoms with Gasteiger partial charge in [-0.3, -0.25) is 24.6 Å². The first-order valence-corrected chi connectivity index (χ1v) is 7.81. The number of rotatable bonds is 5. The van der Waals surface area contributed by atoms with Crippen molar-refractivity contribution in [2.75, 3.05) is 12.0 Å². The maximum atomic E-state index is 12.5. The average Bonchev–Trinajstić information content (AvgIpc) is 2.64. The summed E-state index contributed by atoms with van der Waals surface area (Å²) >= 11 is 0. The Morgan fingerprint density at radius 1 is 1.12 bits per heavy atom. The number of ether oxygens (including phenoxy) is 2. The molecule has 1 saturated heterocycles. The molecule has 134 valence electrons. The van der Waals surface area contributed by atoms with E-state index in [1.165, 1.54) is 24.0 Å². The van der Waals surface area contributed by atoms with Crippen LogP contribution in [0.4, 0.5) is 11.4 Å². The van der Waals surface area contributed by atoms with Crippen LogP contribution in [0.1, 0.15) is 18.5 Å². The van der Waals surface area contributed by atoms with Crippen LogP contribution in [0.5, 0.6) is 5.75 Å². The van der Waals surface area contributed by atoms with Crippen molar-refractivity contribution in [3.63, 3.8) is 0 Å². The second-order valence-electron chi connectivity index (χ2n) is 5.73. The first-order valence-electron chi connectivity index (χ1n) is 7.81. The van der Waals surface area contributed by atoms with Crippen LogP contribution in [0.25, 0.3) is 0 Å². The molecule has 0 saturated carbocycles. The number of carbonyl (C=O) groups is 2. The maximum absolute atomic E-state index is 12.5. The van der Waals surface area contributed by atoms with Crippen LogP contribution >= 0.6 is 0 Å². The molecule has 1 aliphatic heterocycles. The molecule has 0 radical (unpaired) electrons. The number of nitro groups is 1. The van der Waals surface area contributed by atoms with Gasteiger partial charge < -0.3 is 9.47 Å². The van der Waals surface area contributed by atoms with Crippen molar-refractivity contribution in [3.8, 4) is 5.75 Å². The maximum Gasteiger partial charge on any atom is 0.303 e. The van der Waals surface area contributed by atoms with Gasteiger partial charge in [-0.15, -0.1) is 0 Å². The highest BCUT2D eigenvalue weighted by Crippen LogP contribution is 2.41. The number of hydrogen-bond donors (Lipinski definition) is 0. The summed E-state index contributed by atoms with van der Waals surface area (Å²) < 4.78 is 10.3. The highest BCUT2D eigenvalue weighted by molar-refractivity contribution is 6.06. The monoisotopic (exact) mass is 356 g/mol. The highest BCUT2D eigenvalue weighted by Gasteiger charge is 2.51. The van der Waals surface area contributed by atoms with Gasteiger partial charge in [0.1, 0.15) is 11.8 Å². The predicted octanol–water partition coefficient (Wildman–Crippen LogP) is 2.62. The van der Waals surface area contributed by atoms with Crippen molar-refractivity contribution < 1.29 is 24.0 Å². The highest BCUT2D eigenvalue weighted by atomic mass is 16.6. The second-order valence-corrected chi connectivity index (χ2v) is 5.73. The quantitative estimate of drug-likeness (QED) is 0.353. The Balaban J connectivity index is 1.95. The molecule has 8 heteroatoms. The minimum Gasteiger partial charge on any atom is -0.497 e. The number of benzene rings is 2. The van der Waals surface area contributed by atoms with Gasteiger partial charge in [-0.05, 0) is 42.0 Å². The number of β-lactam (4-membered cyclic amide) rings is 1. The third-order valence-electron chi connectivity index (χ3n) is 4.13. The van der Waals surface area contributed by atoms with E-state index in [0.717, 1.165) is 0 Å². The zero-order valence-electron chi connectivity index (χ0n) is 14.1. The number of carbonyl (C=O) groups excluding carboxylic acids is 2. The van der Waals surface area contributed by atoms with E-state index >= 15 is 0 Å². The SMILES string of the molecule is COc1ccc(N2C(=O)[C@@H](OC(C)=O)[C@H]2c2ccc([N+](=O)[O-])cc2)cc1. The van der Waals surface area contributed by atoms with E-state index in [-0.39, 0.29) is 11.6 Å².